The number of rotatable bonds is 6. The second kappa shape index (κ2) is 8.77. The molecule has 0 spiro atoms. The van der Waals surface area contributed by atoms with Gasteiger partial charge in [0.2, 0.25) is 0 Å². The average Bonchev–Trinajstić information content (AvgIpc) is 2.55. The standard InChI is InChI=1S/C16H10Cl2F3NO4/c17-11-5-8(19)1-3-10(11)15(24)25-7-14(23)22-9-2-4-13(12(18)6-9)26-16(20)21/h1-6,16H,7H2,(H,22,23). The van der Waals surface area contributed by atoms with E-state index in [9.17, 15) is 22.8 Å². The Labute approximate surface area is 155 Å². The van der Waals surface area contributed by atoms with E-state index in [0.717, 1.165) is 24.3 Å². The predicted molar refractivity (Wildman–Crippen MR) is 88.4 cm³/mol. The zero-order valence-corrected chi connectivity index (χ0v) is 14.3. The topological polar surface area (TPSA) is 64.6 Å². The van der Waals surface area contributed by atoms with Gasteiger partial charge in [-0.2, -0.15) is 8.78 Å². The van der Waals surface area contributed by atoms with E-state index in [1.807, 2.05) is 0 Å². The Morgan fingerprint density at radius 2 is 1.81 bits per heavy atom. The number of carbonyl (C=O) groups excluding carboxylic acids is 2. The van der Waals surface area contributed by atoms with Gasteiger partial charge in [-0.3, -0.25) is 4.79 Å². The van der Waals surface area contributed by atoms with E-state index in [1.165, 1.54) is 12.1 Å². The summed E-state index contributed by atoms with van der Waals surface area (Å²) in [6.45, 7) is -3.69. The van der Waals surface area contributed by atoms with Crippen molar-refractivity contribution in [3.8, 4) is 5.75 Å². The molecule has 1 N–H and O–H groups in total. The van der Waals surface area contributed by atoms with Crippen LogP contribution in [0.4, 0.5) is 18.9 Å². The smallest absolute Gasteiger partial charge is 0.387 e. The van der Waals surface area contributed by atoms with E-state index in [1.54, 1.807) is 0 Å². The van der Waals surface area contributed by atoms with Gasteiger partial charge in [-0.15, -0.1) is 0 Å². The van der Waals surface area contributed by atoms with Crippen molar-refractivity contribution in [1.29, 1.82) is 0 Å². The van der Waals surface area contributed by atoms with E-state index >= 15 is 0 Å². The molecule has 2 rings (SSSR count). The number of hydrogen-bond donors (Lipinski definition) is 1. The summed E-state index contributed by atoms with van der Waals surface area (Å²) in [4.78, 5) is 23.6. The highest BCUT2D eigenvalue weighted by atomic mass is 35.5. The zero-order valence-electron chi connectivity index (χ0n) is 12.8. The molecule has 0 bridgehead atoms. The molecule has 2 aromatic rings. The molecule has 1 amide bonds. The predicted octanol–water partition coefficient (Wildman–Crippen LogP) is 4.53. The van der Waals surface area contributed by atoms with Crippen LogP contribution in [0.15, 0.2) is 36.4 Å². The van der Waals surface area contributed by atoms with E-state index in [-0.39, 0.29) is 27.0 Å². The SMILES string of the molecule is O=C(COC(=O)c1ccc(F)cc1Cl)Nc1ccc(OC(F)F)c(Cl)c1. The quantitative estimate of drug-likeness (QED) is 0.714. The molecule has 0 aliphatic rings. The molecule has 0 aliphatic carbocycles. The van der Waals surface area contributed by atoms with E-state index in [4.69, 9.17) is 27.9 Å². The van der Waals surface area contributed by atoms with Crippen LogP contribution in [-0.2, 0) is 9.53 Å². The van der Waals surface area contributed by atoms with Crippen molar-refractivity contribution in [3.63, 3.8) is 0 Å². The largest absolute Gasteiger partial charge is 0.452 e. The van der Waals surface area contributed by atoms with Crippen LogP contribution in [0.25, 0.3) is 0 Å². The molecule has 0 aromatic heterocycles. The molecule has 0 heterocycles. The molecule has 2 aromatic carbocycles. The minimum Gasteiger partial charge on any atom is -0.452 e. The maximum Gasteiger partial charge on any atom is 0.387 e. The normalized spacial score (nSPS) is 10.5. The number of esters is 1. The lowest BCUT2D eigenvalue weighted by Crippen LogP contribution is -2.21. The van der Waals surface area contributed by atoms with Gasteiger partial charge in [-0.05, 0) is 36.4 Å². The summed E-state index contributed by atoms with van der Waals surface area (Å²) in [6, 6.07) is 6.70. The van der Waals surface area contributed by atoms with E-state index < -0.39 is 30.9 Å². The number of nitrogens with one attached hydrogen (secondary N) is 1. The fourth-order valence-electron chi connectivity index (χ4n) is 1.83. The Morgan fingerprint density at radius 3 is 2.42 bits per heavy atom. The summed E-state index contributed by atoms with van der Waals surface area (Å²) in [7, 11) is 0. The molecule has 0 fully saturated rings. The molecule has 0 atom stereocenters. The Morgan fingerprint density at radius 1 is 1.08 bits per heavy atom. The summed E-state index contributed by atoms with van der Waals surface area (Å²) in [5, 5.41) is 2.06. The lowest BCUT2D eigenvalue weighted by Gasteiger charge is -2.10. The van der Waals surface area contributed by atoms with E-state index in [2.05, 4.69) is 10.1 Å². The number of halogens is 5. The molecule has 0 radical (unpaired) electrons. The minimum absolute atomic E-state index is 0.0996. The van der Waals surface area contributed by atoms with Gasteiger partial charge < -0.3 is 14.8 Å². The first-order chi connectivity index (χ1) is 12.3. The van der Waals surface area contributed by atoms with Gasteiger partial charge in [0.05, 0.1) is 15.6 Å². The summed E-state index contributed by atoms with van der Waals surface area (Å²) in [5.74, 6) is -2.50. The highest BCUT2D eigenvalue weighted by molar-refractivity contribution is 6.33. The van der Waals surface area contributed by atoms with Crippen LogP contribution in [0.3, 0.4) is 0 Å². The Balaban J connectivity index is 1.92. The second-order valence-corrected chi connectivity index (χ2v) is 5.59. The average molecular weight is 408 g/mol. The lowest BCUT2D eigenvalue weighted by atomic mass is 10.2. The number of carbonyl (C=O) groups is 2. The van der Waals surface area contributed by atoms with Crippen LogP contribution in [-0.4, -0.2) is 25.1 Å². The Bertz CT molecular complexity index is 833. The lowest BCUT2D eigenvalue weighted by molar-refractivity contribution is -0.119. The van der Waals surface area contributed by atoms with Crippen LogP contribution < -0.4 is 10.1 Å². The minimum atomic E-state index is -3.04. The van der Waals surface area contributed by atoms with Gasteiger partial charge in [0.25, 0.3) is 5.91 Å². The van der Waals surface area contributed by atoms with Crippen LogP contribution in [0.1, 0.15) is 10.4 Å². The van der Waals surface area contributed by atoms with Gasteiger partial charge in [-0.25, -0.2) is 9.18 Å². The molecular formula is C16H10Cl2F3NO4. The van der Waals surface area contributed by atoms with Crippen molar-refractivity contribution in [2.45, 2.75) is 6.61 Å². The fourth-order valence-corrected chi connectivity index (χ4v) is 2.30. The van der Waals surface area contributed by atoms with Gasteiger partial charge in [0, 0.05) is 5.69 Å². The number of amides is 1. The molecule has 0 saturated heterocycles. The molecule has 0 saturated carbocycles. The zero-order chi connectivity index (χ0) is 19.3. The monoisotopic (exact) mass is 407 g/mol. The number of ether oxygens (including phenoxy) is 2. The molecule has 0 aliphatic heterocycles. The van der Waals surface area contributed by atoms with Crippen molar-refractivity contribution in [3.05, 3.63) is 57.8 Å². The summed E-state index contributed by atoms with van der Waals surface area (Å²) < 4.78 is 46.2. The Kier molecular flexibility index (Phi) is 6.70. The molecule has 26 heavy (non-hydrogen) atoms. The number of hydrogen-bond acceptors (Lipinski definition) is 4. The molecule has 5 nitrogen and oxygen atoms in total. The van der Waals surface area contributed by atoms with Crippen LogP contribution >= 0.6 is 23.2 Å². The number of anilines is 1. The summed E-state index contributed by atoms with van der Waals surface area (Å²) in [6.07, 6.45) is 0. The highest BCUT2D eigenvalue weighted by Crippen LogP contribution is 2.29. The first kappa shape index (κ1) is 19.9. The Hall–Kier alpha value is -2.45. The van der Waals surface area contributed by atoms with Crippen molar-refractivity contribution in [2.24, 2.45) is 0 Å². The third-order valence-electron chi connectivity index (χ3n) is 2.92. The van der Waals surface area contributed by atoms with E-state index in [0.29, 0.717) is 0 Å². The maximum absolute atomic E-state index is 12.9. The molecule has 0 unspecified atom stereocenters. The van der Waals surface area contributed by atoms with Gasteiger partial charge in [0.15, 0.2) is 6.61 Å². The van der Waals surface area contributed by atoms with Crippen LogP contribution in [0, 0.1) is 5.82 Å². The maximum atomic E-state index is 12.9. The third-order valence-corrected chi connectivity index (χ3v) is 3.53. The number of alkyl halides is 2. The molecular weight excluding hydrogens is 398 g/mol. The molecule has 10 heteroatoms. The first-order valence-electron chi connectivity index (χ1n) is 6.92. The highest BCUT2D eigenvalue weighted by Gasteiger charge is 2.15. The summed E-state index contributed by atoms with van der Waals surface area (Å²) in [5.41, 5.74) is 0.0786. The number of benzene rings is 2. The van der Waals surface area contributed by atoms with Gasteiger partial charge >= 0.3 is 12.6 Å². The third kappa shape index (κ3) is 5.53. The summed E-state index contributed by atoms with van der Waals surface area (Å²) >= 11 is 11.5. The molecule has 138 valence electrons. The fraction of sp³-hybridized carbons (Fsp3) is 0.125. The second-order valence-electron chi connectivity index (χ2n) is 4.77. The van der Waals surface area contributed by atoms with Crippen molar-refractivity contribution >= 4 is 40.8 Å². The van der Waals surface area contributed by atoms with Crippen molar-refractivity contribution in [2.75, 3.05) is 11.9 Å². The van der Waals surface area contributed by atoms with Gasteiger partial charge in [0.1, 0.15) is 11.6 Å². The van der Waals surface area contributed by atoms with Crippen LogP contribution in [0.5, 0.6) is 5.75 Å². The van der Waals surface area contributed by atoms with Gasteiger partial charge in [-0.1, -0.05) is 23.2 Å². The van der Waals surface area contributed by atoms with Crippen molar-refractivity contribution < 1.29 is 32.2 Å². The first-order valence-corrected chi connectivity index (χ1v) is 7.68. The van der Waals surface area contributed by atoms with Crippen molar-refractivity contribution in [1.82, 2.24) is 0 Å². The van der Waals surface area contributed by atoms with Crippen LogP contribution in [0.2, 0.25) is 10.0 Å².